The summed E-state index contributed by atoms with van der Waals surface area (Å²) in [6, 6.07) is 6.07. The van der Waals surface area contributed by atoms with E-state index in [1.807, 2.05) is 30.0 Å². The number of thioether (sulfide) groups is 2. The number of aromatic hydroxyl groups is 1. The highest BCUT2D eigenvalue weighted by molar-refractivity contribution is 9.10. The van der Waals surface area contributed by atoms with Crippen molar-refractivity contribution in [1.82, 2.24) is 14.4 Å². The monoisotopic (exact) mass is 647 g/mol. The Kier molecular flexibility index (Phi) is 8.44. The number of benzene rings is 1. The van der Waals surface area contributed by atoms with Gasteiger partial charge < -0.3 is 23.7 Å². The fraction of sp³-hybridized carbons (Fsp3) is 0.517. The molecule has 1 atom stereocenters. The highest BCUT2D eigenvalue weighted by Crippen LogP contribution is 2.47. The molecule has 1 N–H and O–H groups in total. The number of likely N-dealkylation sites (tertiary alicyclic amines) is 1. The first kappa shape index (κ1) is 28.1. The quantitative estimate of drug-likeness (QED) is 0.191. The van der Waals surface area contributed by atoms with Gasteiger partial charge in [-0.3, -0.25) is 9.69 Å². The molecule has 2 saturated heterocycles. The number of phenols is 1. The van der Waals surface area contributed by atoms with E-state index in [0.717, 1.165) is 72.4 Å². The minimum Gasteiger partial charge on any atom is -0.506 e. The van der Waals surface area contributed by atoms with E-state index in [2.05, 4.69) is 25.4 Å². The van der Waals surface area contributed by atoms with Gasteiger partial charge in [-0.2, -0.15) is 11.8 Å². The summed E-state index contributed by atoms with van der Waals surface area (Å²) in [7, 11) is 0. The van der Waals surface area contributed by atoms with Gasteiger partial charge in [0.05, 0.1) is 34.2 Å². The maximum absolute atomic E-state index is 13.6. The average molecular weight is 649 g/mol. The number of hydrogen-bond donors (Lipinski definition) is 1. The lowest BCUT2D eigenvalue weighted by Crippen LogP contribution is -2.30. The van der Waals surface area contributed by atoms with Crippen LogP contribution in [0.3, 0.4) is 0 Å². The van der Waals surface area contributed by atoms with Crippen LogP contribution in [0.1, 0.15) is 71.4 Å². The Bertz CT molecular complexity index is 1400. The lowest BCUT2D eigenvalue weighted by atomic mass is 10.0. The number of furan rings is 1. The SMILES string of the molecule is CCOC(=O)c1c(CSCCN2C(=O)CSC2c2ccco2)n(C2CC2)c2cc(Br)c(O)c(CN3CCCC3)c12. The second-order valence-corrected chi connectivity index (χ2v) is 13.6. The maximum Gasteiger partial charge on any atom is 0.340 e. The van der Waals surface area contributed by atoms with Crippen molar-refractivity contribution in [2.45, 2.75) is 56.3 Å². The summed E-state index contributed by atoms with van der Waals surface area (Å²) in [5.41, 5.74) is 3.30. The lowest BCUT2D eigenvalue weighted by Gasteiger charge is -2.22. The number of amides is 1. The normalized spacial score (nSPS) is 19.8. The third kappa shape index (κ3) is 5.42. The number of carbonyl (C=O) groups excluding carboxylic acids is 2. The number of esters is 1. The molecule has 3 fully saturated rings. The van der Waals surface area contributed by atoms with Crippen LogP contribution in [0.2, 0.25) is 0 Å². The first-order valence-corrected chi connectivity index (χ1v) is 17.0. The van der Waals surface area contributed by atoms with E-state index >= 15 is 0 Å². The van der Waals surface area contributed by atoms with Gasteiger partial charge in [0.25, 0.3) is 0 Å². The zero-order chi connectivity index (χ0) is 27.8. The molecule has 3 aliphatic rings. The Labute approximate surface area is 250 Å². The number of phenolic OH excluding ortho intramolecular Hbond substituents is 1. The molecule has 6 rings (SSSR count). The number of fused-ring (bicyclic) bond motifs is 1. The van der Waals surface area contributed by atoms with Crippen LogP contribution in [-0.4, -0.2) is 69.1 Å². The molecule has 4 heterocycles. The molecule has 3 aromatic rings. The van der Waals surface area contributed by atoms with Gasteiger partial charge in [-0.1, -0.05) is 0 Å². The van der Waals surface area contributed by atoms with Crippen molar-refractivity contribution >= 4 is 62.2 Å². The summed E-state index contributed by atoms with van der Waals surface area (Å²) in [4.78, 5) is 30.4. The third-order valence-electron chi connectivity index (χ3n) is 7.86. The van der Waals surface area contributed by atoms with Crippen molar-refractivity contribution in [3.63, 3.8) is 0 Å². The number of ether oxygens (including phenoxy) is 1. The second kappa shape index (κ2) is 12.0. The third-order valence-corrected chi connectivity index (χ3v) is 10.6. The Morgan fingerprint density at radius 3 is 2.80 bits per heavy atom. The topological polar surface area (TPSA) is 88.2 Å². The Balaban J connectivity index is 1.32. The molecule has 1 saturated carbocycles. The summed E-state index contributed by atoms with van der Waals surface area (Å²) in [6.45, 7) is 5.28. The highest BCUT2D eigenvalue weighted by atomic mass is 79.9. The van der Waals surface area contributed by atoms with Crippen LogP contribution in [0.5, 0.6) is 5.75 Å². The molecule has 1 amide bonds. The molecular weight excluding hydrogens is 614 g/mol. The molecule has 1 unspecified atom stereocenters. The fourth-order valence-electron chi connectivity index (χ4n) is 5.88. The zero-order valence-electron chi connectivity index (χ0n) is 22.6. The van der Waals surface area contributed by atoms with Gasteiger partial charge in [0.2, 0.25) is 5.91 Å². The molecule has 2 aromatic heterocycles. The zero-order valence-corrected chi connectivity index (χ0v) is 25.8. The average Bonchev–Trinajstić information content (AvgIpc) is 3.32. The largest absolute Gasteiger partial charge is 0.506 e. The molecule has 8 nitrogen and oxygen atoms in total. The molecule has 214 valence electrons. The van der Waals surface area contributed by atoms with E-state index in [-0.39, 0.29) is 29.6 Å². The van der Waals surface area contributed by atoms with E-state index in [4.69, 9.17) is 9.15 Å². The Morgan fingerprint density at radius 1 is 1.30 bits per heavy atom. The summed E-state index contributed by atoms with van der Waals surface area (Å²) < 4.78 is 14.2. The minimum atomic E-state index is -0.337. The standard InChI is InChI=1S/C29H34BrN3O5S2/c1-2-37-29(36)26-22(16-39-13-11-32-24(34)17-40-28(32)23-6-5-12-38-23)33(18-7-8-18)21-14-20(30)27(35)19(25(21)26)15-31-9-3-4-10-31/h5-6,12,14,18,28,35H,2-4,7-11,13,15-17H2,1H3. The maximum atomic E-state index is 13.6. The van der Waals surface area contributed by atoms with Crippen LogP contribution in [-0.2, 0) is 21.8 Å². The number of hydrogen-bond acceptors (Lipinski definition) is 8. The molecule has 0 spiro atoms. The Morgan fingerprint density at radius 2 is 2.10 bits per heavy atom. The summed E-state index contributed by atoms with van der Waals surface area (Å²) in [5.74, 6) is 2.59. The number of carbonyl (C=O) groups is 2. The van der Waals surface area contributed by atoms with Crippen molar-refractivity contribution < 1.29 is 23.8 Å². The van der Waals surface area contributed by atoms with Gasteiger partial charge in [-0.25, -0.2) is 4.79 Å². The molecule has 11 heteroatoms. The highest BCUT2D eigenvalue weighted by Gasteiger charge is 2.36. The minimum absolute atomic E-state index is 0.0930. The lowest BCUT2D eigenvalue weighted by molar-refractivity contribution is -0.128. The van der Waals surface area contributed by atoms with Gasteiger partial charge in [0.15, 0.2) is 0 Å². The molecule has 0 radical (unpaired) electrons. The predicted molar refractivity (Wildman–Crippen MR) is 162 cm³/mol. The summed E-state index contributed by atoms with van der Waals surface area (Å²) in [5, 5.41) is 11.9. The molecule has 1 aromatic carbocycles. The van der Waals surface area contributed by atoms with Crippen LogP contribution >= 0.6 is 39.5 Å². The van der Waals surface area contributed by atoms with Crippen molar-refractivity contribution in [1.29, 1.82) is 0 Å². The van der Waals surface area contributed by atoms with Gasteiger partial charge in [-0.15, -0.1) is 11.8 Å². The van der Waals surface area contributed by atoms with Gasteiger partial charge in [-0.05, 0) is 79.8 Å². The van der Waals surface area contributed by atoms with E-state index in [1.54, 1.807) is 29.8 Å². The van der Waals surface area contributed by atoms with Gasteiger partial charge in [0, 0.05) is 47.3 Å². The molecule has 40 heavy (non-hydrogen) atoms. The van der Waals surface area contributed by atoms with Crippen molar-refractivity contribution in [3.05, 3.63) is 51.5 Å². The molecule has 0 bridgehead atoms. The summed E-state index contributed by atoms with van der Waals surface area (Å²) in [6.07, 6.45) is 6.06. The summed E-state index contributed by atoms with van der Waals surface area (Å²) >= 11 is 6.91. The number of rotatable bonds is 11. The molecule has 2 aliphatic heterocycles. The first-order chi connectivity index (χ1) is 19.5. The van der Waals surface area contributed by atoms with Crippen molar-refractivity contribution in [2.24, 2.45) is 0 Å². The predicted octanol–water partition coefficient (Wildman–Crippen LogP) is 6.32. The van der Waals surface area contributed by atoms with E-state index < -0.39 is 0 Å². The van der Waals surface area contributed by atoms with Crippen LogP contribution < -0.4 is 0 Å². The smallest absolute Gasteiger partial charge is 0.340 e. The first-order valence-electron chi connectivity index (χ1n) is 14.0. The van der Waals surface area contributed by atoms with Crippen LogP contribution in [0.15, 0.2) is 33.4 Å². The van der Waals surface area contributed by atoms with E-state index in [1.165, 1.54) is 0 Å². The number of halogens is 1. The van der Waals surface area contributed by atoms with Gasteiger partial charge in [0.1, 0.15) is 16.9 Å². The molecular formula is C29H34BrN3O5S2. The Hall–Kier alpha value is -2.08. The number of nitrogens with zero attached hydrogens (tertiary/aromatic N) is 3. The number of aromatic nitrogens is 1. The van der Waals surface area contributed by atoms with Crippen LogP contribution in [0.25, 0.3) is 10.9 Å². The van der Waals surface area contributed by atoms with Crippen LogP contribution in [0, 0.1) is 0 Å². The van der Waals surface area contributed by atoms with Gasteiger partial charge >= 0.3 is 5.97 Å². The molecule has 1 aliphatic carbocycles. The van der Waals surface area contributed by atoms with Crippen molar-refractivity contribution in [3.8, 4) is 5.75 Å². The second-order valence-electron chi connectivity index (χ2n) is 10.5. The van der Waals surface area contributed by atoms with Crippen LogP contribution in [0.4, 0.5) is 0 Å². The van der Waals surface area contributed by atoms with E-state index in [0.29, 0.717) is 40.7 Å². The van der Waals surface area contributed by atoms with Crippen molar-refractivity contribution in [2.75, 3.05) is 37.7 Å². The van der Waals surface area contributed by atoms with E-state index in [9.17, 15) is 14.7 Å². The fourth-order valence-corrected chi connectivity index (χ4v) is 8.46.